The lowest BCUT2D eigenvalue weighted by Gasteiger charge is -2.09. The van der Waals surface area contributed by atoms with Crippen LogP contribution in [0.5, 0.6) is 0 Å². The number of nitrogens with one attached hydrogen (secondary N) is 3. The number of aryl methyl sites for hydroxylation is 1. The molecule has 30 heavy (non-hydrogen) atoms. The van der Waals surface area contributed by atoms with E-state index in [0.717, 1.165) is 15.8 Å². The maximum absolute atomic E-state index is 12.3. The number of fused-ring (bicyclic) bond motifs is 1. The van der Waals surface area contributed by atoms with Crippen molar-refractivity contribution in [2.24, 2.45) is 0 Å². The molecule has 0 aliphatic carbocycles. The predicted molar refractivity (Wildman–Crippen MR) is 123 cm³/mol. The molecule has 0 atom stereocenters. The molecule has 4 rings (SSSR count). The Kier molecular flexibility index (Phi) is 5.65. The number of aromatic nitrogens is 1. The topological polar surface area (TPSA) is 83.1 Å². The first kappa shape index (κ1) is 19.9. The number of urea groups is 1. The van der Waals surface area contributed by atoms with Gasteiger partial charge in [0.25, 0.3) is 5.91 Å². The average molecular weight is 437 g/mol. The fraction of sp³-hybridized carbons (Fsp3) is 0.0455. The van der Waals surface area contributed by atoms with Crippen molar-refractivity contribution in [3.63, 3.8) is 0 Å². The van der Waals surface area contributed by atoms with E-state index in [4.69, 9.17) is 11.6 Å². The fourth-order valence-electron chi connectivity index (χ4n) is 2.82. The molecule has 0 unspecified atom stereocenters. The Labute approximate surface area is 181 Å². The highest BCUT2D eigenvalue weighted by Crippen LogP contribution is 2.29. The molecular weight excluding hydrogens is 420 g/mol. The summed E-state index contributed by atoms with van der Waals surface area (Å²) in [5.41, 5.74) is 3.44. The molecule has 0 bridgehead atoms. The van der Waals surface area contributed by atoms with Crippen LogP contribution in [-0.4, -0.2) is 16.9 Å². The molecule has 3 amide bonds. The van der Waals surface area contributed by atoms with Crippen LogP contribution >= 0.6 is 22.9 Å². The maximum Gasteiger partial charge on any atom is 0.323 e. The van der Waals surface area contributed by atoms with Crippen molar-refractivity contribution in [1.82, 2.24) is 4.98 Å². The van der Waals surface area contributed by atoms with Crippen LogP contribution in [0.1, 0.15) is 15.9 Å². The van der Waals surface area contributed by atoms with Gasteiger partial charge in [-0.2, -0.15) is 0 Å². The SMILES string of the molecule is Cc1ccc(NC(=O)Nc2ccc3nc(NC(=O)c4ccccc4)sc3c2)c(Cl)c1. The highest BCUT2D eigenvalue weighted by Gasteiger charge is 2.11. The molecule has 0 fully saturated rings. The van der Waals surface area contributed by atoms with Crippen LogP contribution in [0.2, 0.25) is 5.02 Å². The van der Waals surface area contributed by atoms with Gasteiger partial charge in [-0.05, 0) is 55.0 Å². The molecule has 1 heterocycles. The Morgan fingerprint density at radius 3 is 2.50 bits per heavy atom. The second kappa shape index (κ2) is 8.52. The van der Waals surface area contributed by atoms with Crippen molar-refractivity contribution in [1.29, 1.82) is 0 Å². The number of halogens is 1. The van der Waals surface area contributed by atoms with Crippen LogP contribution in [0.4, 0.5) is 21.3 Å². The molecule has 150 valence electrons. The molecular formula is C22H17ClN4O2S. The monoisotopic (exact) mass is 436 g/mol. The third-order valence-electron chi connectivity index (χ3n) is 4.28. The van der Waals surface area contributed by atoms with Gasteiger partial charge >= 0.3 is 6.03 Å². The molecule has 3 aromatic carbocycles. The lowest BCUT2D eigenvalue weighted by molar-refractivity contribution is 0.102. The minimum atomic E-state index is -0.401. The number of anilines is 3. The Morgan fingerprint density at radius 2 is 1.73 bits per heavy atom. The van der Waals surface area contributed by atoms with Gasteiger partial charge in [-0.15, -0.1) is 0 Å². The normalized spacial score (nSPS) is 10.6. The first-order valence-corrected chi connectivity index (χ1v) is 10.3. The van der Waals surface area contributed by atoms with Crippen molar-refractivity contribution in [3.05, 3.63) is 82.9 Å². The second-order valence-corrected chi connectivity index (χ2v) is 8.02. The summed E-state index contributed by atoms with van der Waals surface area (Å²) in [7, 11) is 0. The number of benzene rings is 3. The van der Waals surface area contributed by atoms with E-state index in [1.54, 1.807) is 48.5 Å². The minimum Gasteiger partial charge on any atom is -0.308 e. The van der Waals surface area contributed by atoms with Gasteiger partial charge < -0.3 is 10.6 Å². The van der Waals surface area contributed by atoms with Crippen LogP contribution in [0.25, 0.3) is 10.2 Å². The zero-order valence-electron chi connectivity index (χ0n) is 15.9. The average Bonchev–Trinajstić information content (AvgIpc) is 3.12. The van der Waals surface area contributed by atoms with Crippen LogP contribution in [0.15, 0.2) is 66.7 Å². The molecule has 8 heteroatoms. The van der Waals surface area contributed by atoms with Gasteiger partial charge in [0.05, 0.1) is 20.9 Å². The van der Waals surface area contributed by atoms with Crippen LogP contribution < -0.4 is 16.0 Å². The molecule has 0 spiro atoms. The number of carbonyl (C=O) groups excluding carboxylic acids is 2. The molecule has 1 aromatic heterocycles. The lowest BCUT2D eigenvalue weighted by atomic mass is 10.2. The molecule has 0 aliphatic heterocycles. The Hall–Kier alpha value is -3.42. The van der Waals surface area contributed by atoms with E-state index in [2.05, 4.69) is 20.9 Å². The Bertz CT molecular complexity index is 1240. The van der Waals surface area contributed by atoms with Gasteiger partial charge in [-0.25, -0.2) is 9.78 Å². The summed E-state index contributed by atoms with van der Waals surface area (Å²) in [6, 6.07) is 19.3. The molecule has 0 radical (unpaired) electrons. The third-order valence-corrected chi connectivity index (χ3v) is 5.52. The second-order valence-electron chi connectivity index (χ2n) is 6.58. The van der Waals surface area contributed by atoms with E-state index in [-0.39, 0.29) is 5.91 Å². The van der Waals surface area contributed by atoms with E-state index >= 15 is 0 Å². The molecule has 0 saturated heterocycles. The van der Waals surface area contributed by atoms with E-state index in [9.17, 15) is 9.59 Å². The number of thiazole rings is 1. The van der Waals surface area contributed by atoms with Crippen LogP contribution in [-0.2, 0) is 0 Å². The first-order chi connectivity index (χ1) is 14.5. The standard InChI is InChI=1S/C22H17ClN4O2S/c1-13-7-9-17(16(23)11-13)25-21(29)24-15-8-10-18-19(12-15)30-22(26-18)27-20(28)14-5-3-2-4-6-14/h2-12H,1H3,(H2,24,25,29)(H,26,27,28). The minimum absolute atomic E-state index is 0.220. The number of amides is 3. The number of rotatable bonds is 4. The maximum atomic E-state index is 12.3. The number of carbonyl (C=O) groups is 2. The van der Waals surface area contributed by atoms with Crippen LogP contribution in [0, 0.1) is 6.92 Å². The van der Waals surface area contributed by atoms with Gasteiger partial charge in [0.15, 0.2) is 5.13 Å². The summed E-state index contributed by atoms with van der Waals surface area (Å²) in [4.78, 5) is 29.0. The highest BCUT2D eigenvalue weighted by molar-refractivity contribution is 7.22. The summed E-state index contributed by atoms with van der Waals surface area (Å²) in [6.07, 6.45) is 0. The number of hydrogen-bond acceptors (Lipinski definition) is 4. The summed E-state index contributed by atoms with van der Waals surface area (Å²) in [5.74, 6) is -0.220. The largest absolute Gasteiger partial charge is 0.323 e. The van der Waals surface area contributed by atoms with E-state index in [1.165, 1.54) is 11.3 Å². The van der Waals surface area contributed by atoms with Gasteiger partial charge in [0.2, 0.25) is 0 Å². The van der Waals surface area contributed by atoms with E-state index < -0.39 is 6.03 Å². The highest BCUT2D eigenvalue weighted by atomic mass is 35.5. The van der Waals surface area contributed by atoms with Gasteiger partial charge in [0.1, 0.15) is 0 Å². The van der Waals surface area contributed by atoms with Gasteiger partial charge in [-0.1, -0.05) is 47.2 Å². The smallest absolute Gasteiger partial charge is 0.308 e. The summed E-state index contributed by atoms with van der Waals surface area (Å²) >= 11 is 7.49. The zero-order valence-corrected chi connectivity index (χ0v) is 17.5. The van der Waals surface area contributed by atoms with Gasteiger partial charge in [0, 0.05) is 11.3 Å². The van der Waals surface area contributed by atoms with Crippen molar-refractivity contribution < 1.29 is 9.59 Å². The number of nitrogens with zero attached hydrogens (tertiary/aromatic N) is 1. The first-order valence-electron chi connectivity index (χ1n) is 9.09. The van der Waals surface area contributed by atoms with Crippen molar-refractivity contribution in [2.45, 2.75) is 6.92 Å². The van der Waals surface area contributed by atoms with E-state index in [0.29, 0.717) is 27.1 Å². The van der Waals surface area contributed by atoms with Gasteiger partial charge in [-0.3, -0.25) is 10.1 Å². The van der Waals surface area contributed by atoms with Crippen molar-refractivity contribution >= 4 is 61.6 Å². The summed E-state index contributed by atoms with van der Waals surface area (Å²) < 4.78 is 0.838. The van der Waals surface area contributed by atoms with Crippen molar-refractivity contribution in [3.8, 4) is 0 Å². The number of hydrogen-bond donors (Lipinski definition) is 3. The lowest BCUT2D eigenvalue weighted by Crippen LogP contribution is -2.19. The molecule has 4 aromatic rings. The van der Waals surface area contributed by atoms with Crippen molar-refractivity contribution in [2.75, 3.05) is 16.0 Å². The summed E-state index contributed by atoms with van der Waals surface area (Å²) in [5, 5.41) is 9.29. The molecule has 3 N–H and O–H groups in total. The molecule has 6 nitrogen and oxygen atoms in total. The quantitative estimate of drug-likeness (QED) is 0.358. The van der Waals surface area contributed by atoms with E-state index in [1.807, 2.05) is 25.1 Å². The molecule has 0 saturated carbocycles. The van der Waals surface area contributed by atoms with Crippen LogP contribution in [0.3, 0.4) is 0 Å². The molecule has 0 aliphatic rings. The Morgan fingerprint density at radius 1 is 0.933 bits per heavy atom. The Balaban J connectivity index is 1.45. The summed E-state index contributed by atoms with van der Waals surface area (Å²) in [6.45, 7) is 1.93. The fourth-order valence-corrected chi connectivity index (χ4v) is 4.00. The zero-order chi connectivity index (χ0) is 21.1. The third kappa shape index (κ3) is 4.59. The predicted octanol–water partition coefficient (Wildman–Crippen LogP) is 6.15.